The normalized spacial score (nSPS) is 17.4. The van der Waals surface area contributed by atoms with Crippen LogP contribution < -0.4 is 14.2 Å². The van der Waals surface area contributed by atoms with Gasteiger partial charge in [-0.1, -0.05) is 11.6 Å². The second-order valence-electron chi connectivity index (χ2n) is 6.04. The van der Waals surface area contributed by atoms with Crippen molar-refractivity contribution in [2.75, 3.05) is 39.5 Å². The summed E-state index contributed by atoms with van der Waals surface area (Å²) in [5, 5.41) is 1.04. The number of nitrogens with zero attached hydrogens (tertiary/aromatic N) is 3. The van der Waals surface area contributed by atoms with Crippen molar-refractivity contribution in [1.29, 1.82) is 0 Å². The van der Waals surface area contributed by atoms with E-state index in [0.29, 0.717) is 53.1 Å². The lowest BCUT2D eigenvalue weighted by atomic mass is 10.2. The average Bonchev–Trinajstić information content (AvgIpc) is 3.12. The van der Waals surface area contributed by atoms with Crippen LogP contribution in [0.3, 0.4) is 0 Å². The molecule has 0 spiro atoms. The monoisotopic (exact) mass is 349 g/mol. The fourth-order valence-corrected chi connectivity index (χ4v) is 3.48. The molecule has 2 aromatic rings. The summed E-state index contributed by atoms with van der Waals surface area (Å²) in [4.78, 5) is 10.8. The van der Waals surface area contributed by atoms with Crippen LogP contribution in [0.2, 0.25) is 5.15 Å². The molecule has 6 nitrogen and oxygen atoms in total. The Morgan fingerprint density at radius 1 is 1.12 bits per heavy atom. The SMILES string of the molecule is Clc1ncnc2cc(OCCCN3CCCC3)c3c(c12)OCCO3. The number of ether oxygens (including phenoxy) is 3. The molecule has 4 rings (SSSR count). The van der Waals surface area contributed by atoms with E-state index in [1.54, 1.807) is 0 Å². The Kier molecular flexibility index (Phi) is 4.58. The highest BCUT2D eigenvalue weighted by Crippen LogP contribution is 2.46. The fraction of sp³-hybridized carbons (Fsp3) is 0.529. The number of benzene rings is 1. The van der Waals surface area contributed by atoms with E-state index in [-0.39, 0.29) is 0 Å². The zero-order valence-corrected chi connectivity index (χ0v) is 14.2. The molecule has 3 heterocycles. The minimum Gasteiger partial charge on any atom is -0.489 e. The molecule has 0 unspecified atom stereocenters. The van der Waals surface area contributed by atoms with Crippen LogP contribution in [-0.4, -0.2) is 54.3 Å². The molecule has 1 aromatic heterocycles. The van der Waals surface area contributed by atoms with Gasteiger partial charge in [-0.15, -0.1) is 0 Å². The van der Waals surface area contributed by atoms with E-state index < -0.39 is 0 Å². The molecule has 128 valence electrons. The Labute approximate surface area is 145 Å². The molecular formula is C17H20ClN3O3. The number of likely N-dealkylation sites (tertiary alicyclic amines) is 1. The smallest absolute Gasteiger partial charge is 0.204 e. The van der Waals surface area contributed by atoms with Crippen LogP contribution >= 0.6 is 11.6 Å². The van der Waals surface area contributed by atoms with Crippen LogP contribution in [0.5, 0.6) is 17.2 Å². The van der Waals surface area contributed by atoms with Crippen LogP contribution in [0.15, 0.2) is 12.4 Å². The molecule has 2 aliphatic heterocycles. The Bertz CT molecular complexity index is 735. The maximum Gasteiger partial charge on any atom is 0.204 e. The van der Waals surface area contributed by atoms with Gasteiger partial charge < -0.3 is 19.1 Å². The topological polar surface area (TPSA) is 56.7 Å². The lowest BCUT2D eigenvalue weighted by molar-refractivity contribution is 0.163. The third-order valence-corrected chi connectivity index (χ3v) is 4.69. The first-order valence-electron chi connectivity index (χ1n) is 8.41. The zero-order valence-electron chi connectivity index (χ0n) is 13.5. The van der Waals surface area contributed by atoms with Gasteiger partial charge in [-0.05, 0) is 32.4 Å². The standard InChI is InChI=1S/C17H20ClN3O3/c18-17-14-12(19-11-20-17)10-13(15-16(14)24-9-8-23-15)22-7-3-6-21-4-1-2-5-21/h10-11H,1-9H2. The van der Waals surface area contributed by atoms with Crippen molar-refractivity contribution < 1.29 is 14.2 Å². The van der Waals surface area contributed by atoms with E-state index in [1.165, 1.54) is 32.3 Å². The lowest BCUT2D eigenvalue weighted by Crippen LogP contribution is -2.22. The minimum absolute atomic E-state index is 0.363. The van der Waals surface area contributed by atoms with Crippen molar-refractivity contribution in [1.82, 2.24) is 14.9 Å². The zero-order chi connectivity index (χ0) is 16.4. The molecule has 1 fully saturated rings. The van der Waals surface area contributed by atoms with E-state index in [2.05, 4.69) is 14.9 Å². The third-order valence-electron chi connectivity index (χ3n) is 4.41. The van der Waals surface area contributed by atoms with Crippen LogP contribution in [0, 0.1) is 0 Å². The molecule has 0 bridgehead atoms. The Balaban J connectivity index is 1.54. The van der Waals surface area contributed by atoms with E-state index in [0.717, 1.165) is 13.0 Å². The summed E-state index contributed by atoms with van der Waals surface area (Å²) < 4.78 is 17.5. The van der Waals surface area contributed by atoms with Gasteiger partial charge in [0.15, 0.2) is 11.5 Å². The van der Waals surface area contributed by atoms with Crippen molar-refractivity contribution in [3.8, 4) is 17.2 Å². The summed E-state index contributed by atoms with van der Waals surface area (Å²) in [7, 11) is 0. The van der Waals surface area contributed by atoms with Gasteiger partial charge >= 0.3 is 0 Å². The number of halogens is 1. The molecule has 24 heavy (non-hydrogen) atoms. The molecule has 7 heteroatoms. The summed E-state index contributed by atoms with van der Waals surface area (Å²) >= 11 is 6.21. The number of rotatable bonds is 5. The molecule has 0 amide bonds. The number of fused-ring (bicyclic) bond motifs is 3. The first kappa shape index (κ1) is 15.7. The average molecular weight is 350 g/mol. The molecule has 0 radical (unpaired) electrons. The van der Waals surface area contributed by atoms with Crippen LogP contribution in [0.4, 0.5) is 0 Å². The summed E-state index contributed by atoms with van der Waals surface area (Å²) in [6, 6.07) is 1.85. The summed E-state index contributed by atoms with van der Waals surface area (Å²) in [5.41, 5.74) is 0.703. The minimum atomic E-state index is 0.363. The largest absolute Gasteiger partial charge is 0.489 e. The molecule has 0 aliphatic carbocycles. The predicted octanol–water partition coefficient (Wildman–Crippen LogP) is 2.92. The first-order valence-corrected chi connectivity index (χ1v) is 8.78. The second kappa shape index (κ2) is 6.99. The second-order valence-corrected chi connectivity index (χ2v) is 6.40. The number of hydrogen-bond acceptors (Lipinski definition) is 6. The highest BCUT2D eigenvalue weighted by molar-refractivity contribution is 6.34. The van der Waals surface area contributed by atoms with E-state index in [4.69, 9.17) is 25.8 Å². The van der Waals surface area contributed by atoms with E-state index >= 15 is 0 Å². The third kappa shape index (κ3) is 3.08. The van der Waals surface area contributed by atoms with Gasteiger partial charge in [0.2, 0.25) is 5.75 Å². The molecule has 1 saturated heterocycles. The van der Waals surface area contributed by atoms with Crippen molar-refractivity contribution in [3.63, 3.8) is 0 Å². The fourth-order valence-electron chi connectivity index (χ4n) is 3.26. The summed E-state index contributed by atoms with van der Waals surface area (Å²) in [6.07, 6.45) is 5.05. The lowest BCUT2D eigenvalue weighted by Gasteiger charge is -2.23. The molecule has 0 atom stereocenters. The van der Waals surface area contributed by atoms with Crippen molar-refractivity contribution in [3.05, 3.63) is 17.5 Å². The van der Waals surface area contributed by atoms with Crippen LogP contribution in [-0.2, 0) is 0 Å². The summed E-state index contributed by atoms with van der Waals surface area (Å²) in [6.45, 7) is 5.09. The van der Waals surface area contributed by atoms with Gasteiger partial charge in [-0.25, -0.2) is 9.97 Å². The first-order chi connectivity index (χ1) is 11.8. The van der Waals surface area contributed by atoms with Gasteiger partial charge in [0.05, 0.1) is 17.5 Å². The van der Waals surface area contributed by atoms with Crippen molar-refractivity contribution in [2.45, 2.75) is 19.3 Å². The molecule has 2 aliphatic rings. The van der Waals surface area contributed by atoms with Crippen LogP contribution in [0.1, 0.15) is 19.3 Å². The van der Waals surface area contributed by atoms with E-state index in [1.807, 2.05) is 6.07 Å². The van der Waals surface area contributed by atoms with E-state index in [9.17, 15) is 0 Å². The summed E-state index contributed by atoms with van der Waals surface area (Å²) in [5.74, 6) is 1.85. The molecule has 1 aromatic carbocycles. The van der Waals surface area contributed by atoms with Gasteiger partial charge in [-0.2, -0.15) is 0 Å². The molecule has 0 N–H and O–H groups in total. The quantitative estimate of drug-likeness (QED) is 0.611. The van der Waals surface area contributed by atoms with Crippen molar-refractivity contribution >= 4 is 22.5 Å². The Hall–Kier alpha value is -1.79. The van der Waals surface area contributed by atoms with Gasteiger partial charge in [0.1, 0.15) is 24.7 Å². The number of aromatic nitrogens is 2. The maximum absolute atomic E-state index is 6.21. The van der Waals surface area contributed by atoms with Gasteiger partial charge in [0, 0.05) is 12.6 Å². The van der Waals surface area contributed by atoms with Crippen molar-refractivity contribution in [2.24, 2.45) is 0 Å². The Morgan fingerprint density at radius 2 is 1.92 bits per heavy atom. The predicted molar refractivity (Wildman–Crippen MR) is 91.3 cm³/mol. The van der Waals surface area contributed by atoms with Crippen LogP contribution in [0.25, 0.3) is 10.9 Å². The highest BCUT2D eigenvalue weighted by Gasteiger charge is 2.24. The molecular weight excluding hydrogens is 330 g/mol. The highest BCUT2D eigenvalue weighted by atomic mass is 35.5. The maximum atomic E-state index is 6.21. The van der Waals surface area contributed by atoms with Gasteiger partial charge in [0.25, 0.3) is 0 Å². The number of hydrogen-bond donors (Lipinski definition) is 0. The van der Waals surface area contributed by atoms with Gasteiger partial charge in [-0.3, -0.25) is 0 Å². The Morgan fingerprint density at radius 3 is 2.75 bits per heavy atom. The molecule has 0 saturated carbocycles.